The minimum Gasteiger partial charge on any atom is -0.235 e. The predicted octanol–water partition coefficient (Wildman–Crippen LogP) is 0.771. The molecule has 12 heavy (non-hydrogen) atoms. The number of nitrogens with zero attached hydrogens (tertiary/aromatic N) is 4. The number of hydrogen-bond acceptors (Lipinski definition) is 3. The van der Waals surface area contributed by atoms with Gasteiger partial charge in [0, 0.05) is 12.3 Å². The highest BCUT2D eigenvalue weighted by Gasteiger charge is 1.96. The van der Waals surface area contributed by atoms with Gasteiger partial charge in [-0.3, -0.25) is 0 Å². The van der Waals surface area contributed by atoms with E-state index >= 15 is 0 Å². The molecular formula is C8H7N4. The lowest BCUT2D eigenvalue weighted by Crippen LogP contribution is -2.00. The predicted molar refractivity (Wildman–Crippen MR) is 42.7 cm³/mol. The van der Waals surface area contributed by atoms with Crippen molar-refractivity contribution in [2.45, 2.75) is 6.92 Å². The van der Waals surface area contributed by atoms with Gasteiger partial charge in [-0.15, -0.1) is 4.80 Å². The summed E-state index contributed by atoms with van der Waals surface area (Å²) in [4.78, 5) is 5.53. The van der Waals surface area contributed by atoms with E-state index in [-0.39, 0.29) is 0 Å². The van der Waals surface area contributed by atoms with Gasteiger partial charge in [-0.25, -0.2) is 4.98 Å². The molecule has 0 saturated heterocycles. The second-order valence-electron chi connectivity index (χ2n) is 2.43. The summed E-state index contributed by atoms with van der Waals surface area (Å²) < 4.78 is 0. The Morgan fingerprint density at radius 2 is 2.08 bits per heavy atom. The first-order valence-electron chi connectivity index (χ1n) is 3.57. The highest BCUT2D eigenvalue weighted by molar-refractivity contribution is 5.19. The van der Waals surface area contributed by atoms with Gasteiger partial charge in [-0.2, -0.15) is 10.2 Å². The number of aromatic nitrogens is 4. The second-order valence-corrected chi connectivity index (χ2v) is 2.43. The first-order valence-corrected chi connectivity index (χ1v) is 3.57. The lowest BCUT2D eigenvalue weighted by atomic mass is 10.3. The second kappa shape index (κ2) is 2.73. The lowest BCUT2D eigenvalue weighted by Gasteiger charge is -1.96. The van der Waals surface area contributed by atoms with Gasteiger partial charge >= 0.3 is 0 Å². The molecule has 0 amide bonds. The molecule has 1 radical (unpaired) electrons. The van der Waals surface area contributed by atoms with Gasteiger partial charge < -0.3 is 0 Å². The summed E-state index contributed by atoms with van der Waals surface area (Å²) in [6, 6.07) is 4.82. The Bertz CT molecular complexity index is 349. The first kappa shape index (κ1) is 6.97. The molecule has 0 aliphatic carbocycles. The van der Waals surface area contributed by atoms with E-state index < -0.39 is 0 Å². The van der Waals surface area contributed by atoms with Crippen molar-refractivity contribution in [3.8, 4) is 5.82 Å². The topological polar surface area (TPSA) is 43.6 Å². The van der Waals surface area contributed by atoms with Crippen LogP contribution in [-0.4, -0.2) is 20.0 Å². The minimum absolute atomic E-state index is 0.616. The zero-order valence-electron chi connectivity index (χ0n) is 6.60. The lowest BCUT2D eigenvalue weighted by molar-refractivity contribution is 0.727. The van der Waals surface area contributed by atoms with E-state index in [0.29, 0.717) is 5.82 Å². The SMILES string of the molecule is Cc1c[c]c(-n2nccn2)nc1. The summed E-state index contributed by atoms with van der Waals surface area (Å²) in [6.07, 6.45) is 4.97. The molecular weight excluding hydrogens is 152 g/mol. The molecule has 2 heterocycles. The van der Waals surface area contributed by atoms with Crippen LogP contribution in [0.2, 0.25) is 0 Å². The first-order chi connectivity index (χ1) is 5.86. The zero-order valence-corrected chi connectivity index (χ0v) is 6.60. The van der Waals surface area contributed by atoms with E-state index in [4.69, 9.17) is 0 Å². The summed E-state index contributed by atoms with van der Waals surface area (Å²) in [5.74, 6) is 0.616. The van der Waals surface area contributed by atoms with Crippen molar-refractivity contribution in [2.75, 3.05) is 0 Å². The van der Waals surface area contributed by atoms with Crippen LogP contribution in [0.15, 0.2) is 24.7 Å². The van der Waals surface area contributed by atoms with E-state index in [2.05, 4.69) is 21.2 Å². The highest BCUT2D eigenvalue weighted by Crippen LogP contribution is 1.99. The summed E-state index contributed by atoms with van der Waals surface area (Å²) in [6.45, 7) is 1.96. The molecule has 0 spiro atoms. The van der Waals surface area contributed by atoms with Crippen LogP contribution in [0.25, 0.3) is 5.82 Å². The van der Waals surface area contributed by atoms with Crippen molar-refractivity contribution < 1.29 is 0 Å². The molecule has 2 aromatic rings. The Morgan fingerprint density at radius 1 is 1.33 bits per heavy atom. The van der Waals surface area contributed by atoms with E-state index in [1.807, 2.05) is 13.0 Å². The molecule has 0 aliphatic heterocycles. The largest absolute Gasteiger partial charge is 0.235 e. The van der Waals surface area contributed by atoms with E-state index in [1.54, 1.807) is 18.6 Å². The van der Waals surface area contributed by atoms with Crippen molar-refractivity contribution in [3.63, 3.8) is 0 Å². The Kier molecular flexibility index (Phi) is 1.59. The number of rotatable bonds is 1. The van der Waals surface area contributed by atoms with Crippen LogP contribution in [0, 0.1) is 13.0 Å². The summed E-state index contributed by atoms with van der Waals surface area (Å²) in [5.41, 5.74) is 1.07. The van der Waals surface area contributed by atoms with Crippen molar-refractivity contribution in [1.82, 2.24) is 20.0 Å². The van der Waals surface area contributed by atoms with Crippen LogP contribution in [0.5, 0.6) is 0 Å². The zero-order chi connectivity index (χ0) is 8.39. The Morgan fingerprint density at radius 3 is 2.67 bits per heavy atom. The number of pyridine rings is 1. The van der Waals surface area contributed by atoms with Gasteiger partial charge in [0.1, 0.15) is 0 Å². The molecule has 0 fully saturated rings. The maximum atomic E-state index is 4.10. The van der Waals surface area contributed by atoms with Crippen molar-refractivity contribution >= 4 is 0 Å². The fraction of sp³-hybridized carbons (Fsp3) is 0.125. The summed E-state index contributed by atoms with van der Waals surface area (Å²) in [5, 5.41) is 7.86. The quantitative estimate of drug-likeness (QED) is 0.617. The molecule has 0 unspecified atom stereocenters. The van der Waals surface area contributed by atoms with E-state index in [0.717, 1.165) is 5.56 Å². The fourth-order valence-corrected chi connectivity index (χ4v) is 0.850. The smallest absolute Gasteiger partial charge is 0.182 e. The average Bonchev–Trinajstić information content (AvgIpc) is 2.58. The van der Waals surface area contributed by atoms with Crippen LogP contribution in [-0.2, 0) is 0 Å². The summed E-state index contributed by atoms with van der Waals surface area (Å²) in [7, 11) is 0. The van der Waals surface area contributed by atoms with Gasteiger partial charge in [-0.05, 0) is 18.6 Å². The van der Waals surface area contributed by atoms with Crippen LogP contribution in [0.3, 0.4) is 0 Å². The van der Waals surface area contributed by atoms with Crippen LogP contribution < -0.4 is 0 Å². The summed E-state index contributed by atoms with van der Waals surface area (Å²) >= 11 is 0. The Hall–Kier alpha value is -1.71. The van der Waals surface area contributed by atoms with Crippen LogP contribution >= 0.6 is 0 Å². The van der Waals surface area contributed by atoms with Crippen molar-refractivity contribution in [3.05, 3.63) is 36.3 Å². The third-order valence-electron chi connectivity index (χ3n) is 1.43. The van der Waals surface area contributed by atoms with Crippen molar-refractivity contribution in [2.24, 2.45) is 0 Å². The van der Waals surface area contributed by atoms with Gasteiger partial charge in [0.15, 0.2) is 5.82 Å². The third kappa shape index (κ3) is 1.18. The number of aryl methyl sites for hydroxylation is 1. The minimum atomic E-state index is 0.616. The van der Waals surface area contributed by atoms with E-state index in [1.165, 1.54) is 4.80 Å². The van der Waals surface area contributed by atoms with E-state index in [9.17, 15) is 0 Å². The average molecular weight is 159 g/mol. The molecule has 0 atom stereocenters. The normalized spacial score (nSPS) is 10.1. The van der Waals surface area contributed by atoms with Crippen molar-refractivity contribution in [1.29, 1.82) is 0 Å². The molecule has 2 rings (SSSR count). The van der Waals surface area contributed by atoms with Gasteiger partial charge in [0.25, 0.3) is 0 Å². The maximum absolute atomic E-state index is 4.10. The molecule has 59 valence electrons. The molecule has 4 heteroatoms. The van der Waals surface area contributed by atoms with Crippen LogP contribution in [0.1, 0.15) is 5.56 Å². The van der Waals surface area contributed by atoms with Crippen LogP contribution in [0.4, 0.5) is 0 Å². The monoisotopic (exact) mass is 159 g/mol. The molecule has 0 N–H and O–H groups in total. The van der Waals surface area contributed by atoms with Gasteiger partial charge in [0.2, 0.25) is 0 Å². The molecule has 0 aromatic carbocycles. The molecule has 2 aromatic heterocycles. The van der Waals surface area contributed by atoms with Gasteiger partial charge in [0.05, 0.1) is 12.4 Å². The number of hydrogen-bond donors (Lipinski definition) is 0. The fourth-order valence-electron chi connectivity index (χ4n) is 0.850. The third-order valence-corrected chi connectivity index (χ3v) is 1.43. The Balaban J connectivity index is 2.43. The molecule has 0 bridgehead atoms. The Labute approximate surface area is 69.9 Å². The molecule has 0 saturated carbocycles. The molecule has 0 aliphatic rings. The van der Waals surface area contributed by atoms with Gasteiger partial charge in [-0.1, -0.05) is 0 Å². The molecule has 4 nitrogen and oxygen atoms in total. The highest BCUT2D eigenvalue weighted by atomic mass is 15.5. The maximum Gasteiger partial charge on any atom is 0.182 e. The standard InChI is InChI=1S/C8H7N4/c1-7-2-3-8(9-6-7)12-10-4-5-11-12/h2,4-6H,1H3.